The lowest BCUT2D eigenvalue weighted by Gasteiger charge is -2.38. The van der Waals surface area contributed by atoms with Crippen molar-refractivity contribution in [1.82, 2.24) is 9.80 Å². The zero-order valence-electron chi connectivity index (χ0n) is 13.7. The smallest absolute Gasteiger partial charge is 0.223 e. The number of hydrogen-bond acceptors (Lipinski definition) is 3. The third kappa shape index (κ3) is 3.29. The molecule has 4 heteroatoms. The summed E-state index contributed by atoms with van der Waals surface area (Å²) < 4.78 is 5.38. The van der Waals surface area contributed by atoms with Gasteiger partial charge in [0.15, 0.2) is 0 Å². The first-order valence-electron chi connectivity index (χ1n) is 8.96. The third-order valence-corrected chi connectivity index (χ3v) is 5.70. The molecule has 1 aromatic carbocycles. The summed E-state index contributed by atoms with van der Waals surface area (Å²) in [4.78, 5) is 17.1. The second-order valence-corrected chi connectivity index (χ2v) is 7.18. The maximum absolute atomic E-state index is 12.4. The molecule has 1 aromatic rings. The fourth-order valence-electron chi connectivity index (χ4n) is 4.25. The molecule has 1 amide bonds. The average Bonchev–Trinajstić information content (AvgIpc) is 3.24. The molecule has 0 radical (unpaired) electrons. The molecule has 0 bridgehead atoms. The number of rotatable bonds is 3. The summed E-state index contributed by atoms with van der Waals surface area (Å²) in [6.07, 6.45) is 4.06. The van der Waals surface area contributed by atoms with Crippen molar-refractivity contribution in [3.63, 3.8) is 0 Å². The Morgan fingerprint density at radius 3 is 2.39 bits per heavy atom. The summed E-state index contributed by atoms with van der Waals surface area (Å²) in [5.74, 6) is 0.778. The van der Waals surface area contributed by atoms with E-state index < -0.39 is 0 Å². The monoisotopic (exact) mass is 314 g/mol. The predicted octanol–water partition coefficient (Wildman–Crippen LogP) is 1.72. The summed E-state index contributed by atoms with van der Waals surface area (Å²) in [5.41, 5.74) is 3.02. The molecule has 0 N–H and O–H groups in total. The molecule has 2 saturated heterocycles. The van der Waals surface area contributed by atoms with Gasteiger partial charge >= 0.3 is 0 Å². The van der Waals surface area contributed by atoms with Crippen LogP contribution in [0.5, 0.6) is 0 Å². The minimum atomic E-state index is 0.329. The van der Waals surface area contributed by atoms with Crippen molar-refractivity contribution in [3.8, 4) is 0 Å². The van der Waals surface area contributed by atoms with Crippen molar-refractivity contribution in [1.29, 1.82) is 0 Å². The highest BCUT2D eigenvalue weighted by Gasteiger charge is 2.31. The molecule has 0 aromatic heterocycles. The lowest BCUT2D eigenvalue weighted by molar-refractivity contribution is -0.134. The number of carbonyl (C=O) groups excluding carboxylic acids is 1. The Bertz CT molecular complexity index is 535. The molecular weight excluding hydrogens is 288 g/mol. The van der Waals surface area contributed by atoms with Crippen LogP contribution in [0.1, 0.15) is 24.0 Å². The Hall–Kier alpha value is -1.39. The average molecular weight is 314 g/mol. The van der Waals surface area contributed by atoms with Crippen molar-refractivity contribution in [2.75, 3.05) is 39.4 Å². The minimum Gasteiger partial charge on any atom is -0.381 e. The van der Waals surface area contributed by atoms with Crippen LogP contribution in [-0.2, 0) is 22.4 Å². The second-order valence-electron chi connectivity index (χ2n) is 7.18. The van der Waals surface area contributed by atoms with Crippen LogP contribution in [0.4, 0.5) is 0 Å². The normalized spacial score (nSPS) is 25.7. The van der Waals surface area contributed by atoms with E-state index in [1.165, 1.54) is 24.0 Å². The molecule has 1 aliphatic carbocycles. The van der Waals surface area contributed by atoms with E-state index in [-0.39, 0.29) is 0 Å². The van der Waals surface area contributed by atoms with Crippen LogP contribution >= 0.6 is 0 Å². The van der Waals surface area contributed by atoms with Crippen LogP contribution in [-0.4, -0.2) is 61.1 Å². The molecular formula is C19H26N2O2. The molecule has 2 heterocycles. The van der Waals surface area contributed by atoms with E-state index in [9.17, 15) is 4.79 Å². The van der Waals surface area contributed by atoms with E-state index in [1.54, 1.807) is 0 Å². The number of amides is 1. The molecule has 1 unspecified atom stereocenters. The zero-order chi connectivity index (χ0) is 15.6. The summed E-state index contributed by atoms with van der Waals surface area (Å²) in [5, 5.41) is 0. The van der Waals surface area contributed by atoms with Crippen molar-refractivity contribution in [2.45, 2.75) is 31.7 Å². The van der Waals surface area contributed by atoms with Gasteiger partial charge in [-0.3, -0.25) is 9.69 Å². The molecule has 2 aliphatic heterocycles. The lowest BCUT2D eigenvalue weighted by Crippen LogP contribution is -2.52. The van der Waals surface area contributed by atoms with Gasteiger partial charge in [-0.05, 0) is 36.3 Å². The predicted molar refractivity (Wildman–Crippen MR) is 89.3 cm³/mol. The Morgan fingerprint density at radius 1 is 1.09 bits per heavy atom. The molecule has 3 aliphatic rings. The first kappa shape index (κ1) is 15.2. The maximum Gasteiger partial charge on any atom is 0.223 e. The van der Waals surface area contributed by atoms with Crippen LogP contribution in [0.2, 0.25) is 0 Å². The number of carbonyl (C=O) groups is 1. The Kier molecular flexibility index (Phi) is 4.36. The van der Waals surface area contributed by atoms with E-state index in [2.05, 4.69) is 34.1 Å². The van der Waals surface area contributed by atoms with E-state index in [0.717, 1.165) is 45.8 Å². The van der Waals surface area contributed by atoms with E-state index in [0.29, 0.717) is 24.3 Å². The number of piperazine rings is 1. The molecule has 1 atom stereocenters. The van der Waals surface area contributed by atoms with Crippen molar-refractivity contribution < 1.29 is 9.53 Å². The molecule has 0 spiro atoms. The van der Waals surface area contributed by atoms with Gasteiger partial charge in [0.05, 0.1) is 0 Å². The van der Waals surface area contributed by atoms with Gasteiger partial charge in [0.2, 0.25) is 5.91 Å². The molecule has 124 valence electrons. The van der Waals surface area contributed by atoms with Crippen LogP contribution in [0.15, 0.2) is 24.3 Å². The van der Waals surface area contributed by atoms with Gasteiger partial charge in [-0.1, -0.05) is 24.3 Å². The van der Waals surface area contributed by atoms with Crippen LogP contribution in [0.25, 0.3) is 0 Å². The number of fused-ring (bicyclic) bond motifs is 1. The number of benzene rings is 1. The first-order chi connectivity index (χ1) is 11.3. The van der Waals surface area contributed by atoms with Gasteiger partial charge in [0, 0.05) is 51.9 Å². The highest BCUT2D eigenvalue weighted by Crippen LogP contribution is 2.26. The molecule has 23 heavy (non-hydrogen) atoms. The topological polar surface area (TPSA) is 32.8 Å². The highest BCUT2D eigenvalue weighted by molar-refractivity contribution is 5.76. The Morgan fingerprint density at radius 2 is 1.78 bits per heavy atom. The van der Waals surface area contributed by atoms with Gasteiger partial charge in [-0.25, -0.2) is 0 Å². The number of hydrogen-bond donors (Lipinski definition) is 0. The fraction of sp³-hybridized carbons (Fsp3) is 0.632. The zero-order valence-corrected chi connectivity index (χ0v) is 13.7. The molecule has 4 nitrogen and oxygen atoms in total. The lowest BCUT2D eigenvalue weighted by atomic mass is 10.0. The van der Waals surface area contributed by atoms with Crippen molar-refractivity contribution in [3.05, 3.63) is 35.4 Å². The Labute approximate surface area is 138 Å². The Balaban J connectivity index is 1.27. The highest BCUT2D eigenvalue weighted by atomic mass is 16.5. The SMILES string of the molecule is O=C(CC1CCOC1)N1CCN(C2Cc3ccccc3C2)CC1. The molecule has 4 rings (SSSR count). The summed E-state index contributed by atoms with van der Waals surface area (Å²) in [7, 11) is 0. The summed E-state index contributed by atoms with van der Waals surface area (Å²) in [6, 6.07) is 9.44. The van der Waals surface area contributed by atoms with Gasteiger partial charge in [-0.15, -0.1) is 0 Å². The second kappa shape index (κ2) is 6.62. The van der Waals surface area contributed by atoms with E-state index in [4.69, 9.17) is 4.74 Å². The fourth-order valence-corrected chi connectivity index (χ4v) is 4.25. The standard InChI is InChI=1S/C19H26N2O2/c22-19(11-15-5-10-23-14-15)21-8-6-20(7-9-21)18-12-16-3-1-2-4-17(16)13-18/h1-4,15,18H,5-14H2. The number of nitrogens with zero attached hydrogens (tertiary/aromatic N) is 2. The van der Waals surface area contributed by atoms with Gasteiger partial charge < -0.3 is 9.64 Å². The van der Waals surface area contributed by atoms with Crippen molar-refractivity contribution >= 4 is 5.91 Å². The minimum absolute atomic E-state index is 0.329. The molecule has 0 saturated carbocycles. The van der Waals surface area contributed by atoms with E-state index >= 15 is 0 Å². The van der Waals surface area contributed by atoms with Crippen LogP contribution < -0.4 is 0 Å². The largest absolute Gasteiger partial charge is 0.381 e. The maximum atomic E-state index is 12.4. The third-order valence-electron chi connectivity index (χ3n) is 5.70. The van der Waals surface area contributed by atoms with Crippen LogP contribution in [0, 0.1) is 5.92 Å². The van der Waals surface area contributed by atoms with Crippen LogP contribution in [0.3, 0.4) is 0 Å². The van der Waals surface area contributed by atoms with Gasteiger partial charge in [0.1, 0.15) is 0 Å². The molecule has 2 fully saturated rings. The van der Waals surface area contributed by atoms with Crippen molar-refractivity contribution in [2.24, 2.45) is 5.92 Å². The quantitative estimate of drug-likeness (QED) is 0.852. The first-order valence-corrected chi connectivity index (χ1v) is 8.96. The van der Waals surface area contributed by atoms with E-state index in [1.807, 2.05) is 0 Å². The van der Waals surface area contributed by atoms with Gasteiger partial charge in [-0.2, -0.15) is 0 Å². The summed E-state index contributed by atoms with van der Waals surface area (Å²) >= 11 is 0. The van der Waals surface area contributed by atoms with Gasteiger partial charge in [0.25, 0.3) is 0 Å². The summed E-state index contributed by atoms with van der Waals surface area (Å²) in [6.45, 7) is 5.41. The number of ether oxygens (including phenoxy) is 1.